The summed E-state index contributed by atoms with van der Waals surface area (Å²) in [6.07, 6.45) is 2.68. The first-order valence-corrected chi connectivity index (χ1v) is 8.72. The quantitative estimate of drug-likeness (QED) is 0.444. The van der Waals surface area contributed by atoms with Crippen LogP contribution in [0, 0.1) is 0 Å². The highest BCUT2D eigenvalue weighted by Gasteiger charge is 2.23. The molecule has 0 heterocycles. The van der Waals surface area contributed by atoms with Crippen LogP contribution in [0.1, 0.15) is 39.5 Å². The van der Waals surface area contributed by atoms with Gasteiger partial charge in [0.1, 0.15) is 0 Å². The zero-order chi connectivity index (χ0) is 13.4. The van der Waals surface area contributed by atoms with E-state index in [9.17, 15) is 16.8 Å². The summed E-state index contributed by atoms with van der Waals surface area (Å²) < 4.78 is 54.1. The van der Waals surface area contributed by atoms with Crippen LogP contribution in [0.4, 0.5) is 0 Å². The van der Waals surface area contributed by atoms with E-state index in [1.807, 2.05) is 13.8 Å². The summed E-state index contributed by atoms with van der Waals surface area (Å²) in [5.41, 5.74) is 0. The SMILES string of the molecule is CCCCOS(=O)(=O)CS(=O)(=O)OCCCC. The first-order chi connectivity index (χ1) is 7.83. The van der Waals surface area contributed by atoms with Crippen molar-refractivity contribution in [1.82, 2.24) is 0 Å². The van der Waals surface area contributed by atoms with Gasteiger partial charge in [-0.3, -0.25) is 8.37 Å². The molecule has 6 nitrogen and oxygen atoms in total. The second-order valence-corrected chi connectivity index (χ2v) is 7.23. The van der Waals surface area contributed by atoms with Gasteiger partial charge in [0, 0.05) is 0 Å². The Labute approximate surface area is 104 Å². The predicted octanol–water partition coefficient (Wildman–Crippen LogP) is 1.24. The lowest BCUT2D eigenvalue weighted by Gasteiger charge is -2.06. The van der Waals surface area contributed by atoms with Gasteiger partial charge >= 0.3 is 0 Å². The van der Waals surface area contributed by atoms with Gasteiger partial charge in [-0.05, 0) is 12.8 Å². The first-order valence-electron chi connectivity index (χ1n) is 5.57. The molecule has 0 radical (unpaired) electrons. The molecule has 0 aliphatic rings. The lowest BCUT2D eigenvalue weighted by Crippen LogP contribution is -2.21. The fraction of sp³-hybridized carbons (Fsp3) is 1.00. The minimum atomic E-state index is -4.06. The van der Waals surface area contributed by atoms with Gasteiger partial charge in [-0.1, -0.05) is 26.7 Å². The van der Waals surface area contributed by atoms with Gasteiger partial charge in [0.05, 0.1) is 13.2 Å². The molecule has 0 saturated heterocycles. The molecule has 0 amide bonds. The smallest absolute Gasteiger partial charge is 0.269 e. The normalized spacial score (nSPS) is 12.8. The molecule has 0 rings (SSSR count). The third-order valence-electron chi connectivity index (χ3n) is 1.81. The summed E-state index contributed by atoms with van der Waals surface area (Å²) in [5.74, 6) is 0. The van der Waals surface area contributed by atoms with Crippen molar-refractivity contribution in [1.29, 1.82) is 0 Å². The van der Waals surface area contributed by atoms with Gasteiger partial charge in [-0.2, -0.15) is 16.8 Å². The Morgan fingerprint density at radius 2 is 1.12 bits per heavy atom. The van der Waals surface area contributed by atoms with Crippen molar-refractivity contribution < 1.29 is 25.2 Å². The molecule has 0 aromatic carbocycles. The second kappa shape index (κ2) is 8.02. The third kappa shape index (κ3) is 9.51. The summed E-state index contributed by atoms with van der Waals surface area (Å²) in [6.45, 7) is 3.76. The molecule has 0 saturated carbocycles. The van der Waals surface area contributed by atoms with Crippen molar-refractivity contribution in [3.63, 3.8) is 0 Å². The van der Waals surface area contributed by atoms with Crippen molar-refractivity contribution in [2.45, 2.75) is 39.5 Å². The fourth-order valence-corrected chi connectivity index (χ4v) is 3.61. The van der Waals surface area contributed by atoms with Crippen LogP contribution in [0.5, 0.6) is 0 Å². The fourth-order valence-electron chi connectivity index (χ4n) is 0.905. The molecule has 0 aliphatic heterocycles. The standard InChI is InChI=1S/C9H20O6S2/c1-3-5-7-14-16(10,11)9-17(12,13)15-8-6-4-2/h3-9H2,1-2H3. The highest BCUT2D eigenvalue weighted by atomic mass is 32.3. The minimum Gasteiger partial charge on any atom is -0.269 e. The lowest BCUT2D eigenvalue weighted by molar-refractivity contribution is 0.303. The van der Waals surface area contributed by atoms with Crippen molar-refractivity contribution in [3.05, 3.63) is 0 Å². The molecule has 0 N–H and O–H groups in total. The maximum Gasteiger partial charge on any atom is 0.284 e. The first kappa shape index (κ1) is 16.8. The highest BCUT2D eigenvalue weighted by Crippen LogP contribution is 2.05. The van der Waals surface area contributed by atoms with Crippen LogP contribution >= 0.6 is 0 Å². The average Bonchev–Trinajstić information content (AvgIpc) is 2.16. The molecule has 0 fully saturated rings. The topological polar surface area (TPSA) is 86.7 Å². The van der Waals surface area contributed by atoms with Gasteiger partial charge in [0.25, 0.3) is 20.2 Å². The zero-order valence-electron chi connectivity index (χ0n) is 10.2. The minimum absolute atomic E-state index is 0.00329. The van der Waals surface area contributed by atoms with Crippen LogP contribution in [0.2, 0.25) is 0 Å². The number of rotatable bonds is 10. The molecular weight excluding hydrogens is 268 g/mol. The molecule has 0 aromatic heterocycles. The van der Waals surface area contributed by atoms with E-state index in [0.29, 0.717) is 12.8 Å². The summed E-state index contributed by atoms with van der Waals surface area (Å²) in [4.78, 5) is 0. The van der Waals surface area contributed by atoms with Crippen LogP contribution in [0.15, 0.2) is 0 Å². The third-order valence-corrected chi connectivity index (χ3v) is 5.17. The summed E-state index contributed by atoms with van der Waals surface area (Å²) in [6, 6.07) is 0. The molecule has 0 unspecified atom stereocenters. The summed E-state index contributed by atoms with van der Waals surface area (Å²) in [7, 11) is -8.12. The summed E-state index contributed by atoms with van der Waals surface area (Å²) in [5, 5.41) is -1.12. The Morgan fingerprint density at radius 3 is 1.41 bits per heavy atom. The van der Waals surface area contributed by atoms with E-state index in [4.69, 9.17) is 0 Å². The van der Waals surface area contributed by atoms with E-state index < -0.39 is 25.3 Å². The van der Waals surface area contributed by atoms with E-state index in [2.05, 4.69) is 8.37 Å². The number of hydrogen-bond donors (Lipinski definition) is 0. The maximum absolute atomic E-state index is 11.3. The number of unbranched alkanes of at least 4 members (excludes halogenated alkanes) is 2. The molecule has 8 heteroatoms. The van der Waals surface area contributed by atoms with Gasteiger partial charge in [0.2, 0.25) is 5.08 Å². The molecular formula is C9H20O6S2. The largest absolute Gasteiger partial charge is 0.284 e. The average molecular weight is 288 g/mol. The molecule has 104 valence electrons. The van der Waals surface area contributed by atoms with E-state index in [1.165, 1.54) is 0 Å². The summed E-state index contributed by atoms with van der Waals surface area (Å²) >= 11 is 0. The van der Waals surface area contributed by atoms with E-state index in [1.54, 1.807) is 0 Å². The van der Waals surface area contributed by atoms with Crippen molar-refractivity contribution in [2.75, 3.05) is 18.3 Å². The van der Waals surface area contributed by atoms with E-state index in [-0.39, 0.29) is 13.2 Å². The van der Waals surface area contributed by atoms with Gasteiger partial charge < -0.3 is 0 Å². The van der Waals surface area contributed by atoms with Crippen molar-refractivity contribution >= 4 is 20.2 Å². The zero-order valence-corrected chi connectivity index (χ0v) is 11.8. The molecule has 0 aliphatic carbocycles. The van der Waals surface area contributed by atoms with Crippen LogP contribution in [-0.4, -0.2) is 35.1 Å². The van der Waals surface area contributed by atoms with Gasteiger partial charge in [-0.25, -0.2) is 0 Å². The molecule has 0 spiro atoms. The van der Waals surface area contributed by atoms with Crippen LogP contribution < -0.4 is 0 Å². The van der Waals surface area contributed by atoms with Crippen molar-refractivity contribution in [3.8, 4) is 0 Å². The Kier molecular flexibility index (Phi) is 7.93. The Balaban J connectivity index is 4.19. The van der Waals surface area contributed by atoms with Crippen LogP contribution in [0.25, 0.3) is 0 Å². The van der Waals surface area contributed by atoms with E-state index >= 15 is 0 Å². The molecule has 0 bridgehead atoms. The molecule has 17 heavy (non-hydrogen) atoms. The predicted molar refractivity (Wildman–Crippen MR) is 64.4 cm³/mol. The maximum atomic E-state index is 11.3. The highest BCUT2D eigenvalue weighted by molar-refractivity contribution is 8.03. The van der Waals surface area contributed by atoms with Crippen LogP contribution in [0.3, 0.4) is 0 Å². The lowest BCUT2D eigenvalue weighted by atomic mass is 10.4. The Morgan fingerprint density at radius 1 is 0.765 bits per heavy atom. The Bertz CT molecular complexity index is 346. The van der Waals surface area contributed by atoms with Gasteiger partial charge in [-0.15, -0.1) is 0 Å². The molecule has 0 atom stereocenters. The second-order valence-electron chi connectivity index (χ2n) is 3.58. The van der Waals surface area contributed by atoms with E-state index in [0.717, 1.165) is 12.8 Å². The molecule has 0 aromatic rings. The Hall–Kier alpha value is -0.180. The number of hydrogen-bond acceptors (Lipinski definition) is 6. The van der Waals surface area contributed by atoms with Crippen molar-refractivity contribution in [2.24, 2.45) is 0 Å². The monoisotopic (exact) mass is 288 g/mol. The van der Waals surface area contributed by atoms with Gasteiger partial charge in [0.15, 0.2) is 0 Å². The van der Waals surface area contributed by atoms with Crippen LogP contribution in [-0.2, 0) is 28.6 Å².